The number of hydrogen-bond donors (Lipinski definition) is 1. The molecule has 0 unspecified atom stereocenters. The molecule has 0 radical (unpaired) electrons. The second-order valence-corrected chi connectivity index (χ2v) is 7.91. The molecule has 0 spiro atoms. The molecule has 1 aliphatic heterocycles. The van der Waals surface area contributed by atoms with Gasteiger partial charge in [-0.1, -0.05) is 0 Å². The van der Waals surface area contributed by atoms with Crippen molar-refractivity contribution in [2.75, 3.05) is 32.7 Å². The van der Waals surface area contributed by atoms with Crippen LogP contribution in [0.5, 0.6) is 0 Å². The highest BCUT2D eigenvalue weighted by Crippen LogP contribution is 2.25. The van der Waals surface area contributed by atoms with Crippen molar-refractivity contribution in [1.82, 2.24) is 9.21 Å². The summed E-state index contributed by atoms with van der Waals surface area (Å²) in [5.74, 6) is -0.914. The average Bonchev–Trinajstić information content (AvgIpc) is 2.79. The molecule has 0 amide bonds. The van der Waals surface area contributed by atoms with Crippen LogP contribution >= 0.6 is 11.3 Å². The van der Waals surface area contributed by atoms with Gasteiger partial charge in [-0.15, -0.1) is 11.3 Å². The van der Waals surface area contributed by atoms with Crippen LogP contribution in [-0.4, -0.2) is 61.4 Å². The topological polar surface area (TPSA) is 102 Å². The van der Waals surface area contributed by atoms with E-state index in [1.54, 1.807) is 4.90 Å². The van der Waals surface area contributed by atoms with E-state index in [1.807, 2.05) is 6.07 Å². The van der Waals surface area contributed by atoms with Gasteiger partial charge in [-0.2, -0.15) is 9.57 Å². The molecule has 0 atom stereocenters. The summed E-state index contributed by atoms with van der Waals surface area (Å²) in [5.41, 5.74) is 0. The summed E-state index contributed by atoms with van der Waals surface area (Å²) >= 11 is 0.953. The predicted octanol–water partition coefficient (Wildman–Crippen LogP) is 0.401. The van der Waals surface area contributed by atoms with Gasteiger partial charge in [0.1, 0.15) is 15.2 Å². The summed E-state index contributed by atoms with van der Waals surface area (Å²) < 4.78 is 26.5. The van der Waals surface area contributed by atoms with Crippen LogP contribution in [-0.2, 0) is 14.8 Å². The number of nitrogens with zero attached hydrogens (tertiary/aromatic N) is 3. The van der Waals surface area contributed by atoms with Gasteiger partial charge in [0.15, 0.2) is 0 Å². The maximum Gasteiger partial charge on any atom is 0.317 e. The molecule has 1 fully saturated rings. The SMILES string of the molecule is N#Cc1ccc(S(=O)(=O)N2CCCN(CC(=O)O)CC2)s1. The largest absolute Gasteiger partial charge is 0.480 e. The summed E-state index contributed by atoms with van der Waals surface area (Å²) in [6.07, 6.45) is 0.586. The molecule has 7 nitrogen and oxygen atoms in total. The molecule has 1 saturated heterocycles. The Bertz CT molecular complexity index is 662. The van der Waals surface area contributed by atoms with Crippen LogP contribution in [0.25, 0.3) is 0 Å². The molecule has 0 aliphatic carbocycles. The molecule has 9 heteroatoms. The number of sulfonamides is 1. The van der Waals surface area contributed by atoms with Gasteiger partial charge in [-0.05, 0) is 18.6 Å². The Labute approximate surface area is 127 Å². The van der Waals surface area contributed by atoms with Crippen molar-refractivity contribution in [3.8, 4) is 6.07 Å². The number of rotatable bonds is 4. The average molecular weight is 329 g/mol. The Morgan fingerprint density at radius 1 is 1.33 bits per heavy atom. The maximum atomic E-state index is 12.5. The van der Waals surface area contributed by atoms with Gasteiger partial charge in [0.25, 0.3) is 10.0 Å². The van der Waals surface area contributed by atoms with Crippen LogP contribution in [0.2, 0.25) is 0 Å². The van der Waals surface area contributed by atoms with E-state index in [1.165, 1.54) is 16.4 Å². The van der Waals surface area contributed by atoms with Gasteiger partial charge < -0.3 is 5.11 Å². The lowest BCUT2D eigenvalue weighted by Gasteiger charge is -2.19. The first-order chi connectivity index (χ1) is 9.93. The van der Waals surface area contributed by atoms with E-state index >= 15 is 0 Å². The third-order valence-electron chi connectivity index (χ3n) is 3.19. The molecule has 0 bridgehead atoms. The predicted molar refractivity (Wildman–Crippen MR) is 76.5 cm³/mol. The highest BCUT2D eigenvalue weighted by atomic mass is 32.2. The highest BCUT2D eigenvalue weighted by Gasteiger charge is 2.28. The molecule has 114 valence electrons. The third-order valence-corrected chi connectivity index (χ3v) is 6.55. The molecular formula is C12H15N3O4S2. The number of carboxylic acid groups (broad SMARTS) is 1. The van der Waals surface area contributed by atoms with E-state index < -0.39 is 16.0 Å². The van der Waals surface area contributed by atoms with E-state index in [-0.39, 0.29) is 17.3 Å². The normalized spacial score (nSPS) is 18.0. The maximum absolute atomic E-state index is 12.5. The summed E-state index contributed by atoms with van der Waals surface area (Å²) in [7, 11) is -3.60. The lowest BCUT2D eigenvalue weighted by Crippen LogP contribution is -2.36. The minimum Gasteiger partial charge on any atom is -0.480 e. The zero-order valence-electron chi connectivity index (χ0n) is 11.2. The molecule has 0 saturated carbocycles. The molecule has 2 heterocycles. The Morgan fingerprint density at radius 2 is 2.10 bits per heavy atom. The molecule has 2 rings (SSSR count). The number of thiophene rings is 1. The zero-order valence-corrected chi connectivity index (χ0v) is 12.9. The van der Waals surface area contributed by atoms with Crippen LogP contribution in [0.1, 0.15) is 11.3 Å². The number of hydrogen-bond acceptors (Lipinski definition) is 6. The molecule has 1 aliphatic rings. The Morgan fingerprint density at radius 3 is 2.71 bits per heavy atom. The van der Waals surface area contributed by atoms with Crippen LogP contribution in [0.15, 0.2) is 16.3 Å². The van der Waals surface area contributed by atoms with E-state index in [2.05, 4.69) is 0 Å². The summed E-state index contributed by atoms with van der Waals surface area (Å²) in [4.78, 5) is 12.8. The smallest absolute Gasteiger partial charge is 0.317 e. The van der Waals surface area contributed by atoms with Gasteiger partial charge in [-0.25, -0.2) is 8.42 Å². The van der Waals surface area contributed by atoms with Crippen LogP contribution in [0.3, 0.4) is 0 Å². The zero-order chi connectivity index (χ0) is 15.5. The molecule has 1 N–H and O–H groups in total. The number of carboxylic acids is 1. The van der Waals surface area contributed by atoms with Crippen molar-refractivity contribution in [2.24, 2.45) is 0 Å². The summed E-state index contributed by atoms with van der Waals surface area (Å²) in [5, 5.41) is 17.6. The highest BCUT2D eigenvalue weighted by molar-refractivity contribution is 7.91. The van der Waals surface area contributed by atoms with Crippen LogP contribution in [0, 0.1) is 11.3 Å². The first kappa shape index (κ1) is 15.9. The van der Waals surface area contributed by atoms with Gasteiger partial charge >= 0.3 is 5.97 Å². The van der Waals surface area contributed by atoms with Crippen molar-refractivity contribution < 1.29 is 18.3 Å². The Balaban J connectivity index is 2.11. The quantitative estimate of drug-likeness (QED) is 0.858. The van der Waals surface area contributed by atoms with E-state index in [9.17, 15) is 13.2 Å². The summed E-state index contributed by atoms with van der Waals surface area (Å²) in [6.45, 7) is 1.49. The van der Waals surface area contributed by atoms with Gasteiger partial charge in [0.2, 0.25) is 0 Å². The molecule has 21 heavy (non-hydrogen) atoms. The van der Waals surface area contributed by atoms with Crippen molar-refractivity contribution >= 4 is 27.3 Å². The fourth-order valence-corrected chi connectivity index (χ4v) is 4.91. The molecule has 1 aromatic rings. The second kappa shape index (κ2) is 6.53. The summed E-state index contributed by atoms with van der Waals surface area (Å²) in [6, 6.07) is 4.86. The van der Waals surface area contributed by atoms with Crippen molar-refractivity contribution in [3.05, 3.63) is 17.0 Å². The number of carbonyl (C=O) groups is 1. The van der Waals surface area contributed by atoms with E-state index in [0.29, 0.717) is 30.9 Å². The lowest BCUT2D eigenvalue weighted by molar-refractivity contribution is -0.138. The minimum absolute atomic E-state index is 0.0779. The Hall–Kier alpha value is -1.47. The number of nitriles is 1. The van der Waals surface area contributed by atoms with Crippen LogP contribution in [0.4, 0.5) is 0 Å². The monoisotopic (exact) mass is 329 g/mol. The molecular weight excluding hydrogens is 314 g/mol. The van der Waals surface area contributed by atoms with E-state index in [4.69, 9.17) is 10.4 Å². The van der Waals surface area contributed by atoms with Gasteiger partial charge in [0, 0.05) is 26.2 Å². The lowest BCUT2D eigenvalue weighted by atomic mass is 10.4. The Kier molecular flexibility index (Phi) is 4.95. The van der Waals surface area contributed by atoms with Gasteiger partial charge in [-0.3, -0.25) is 9.69 Å². The third kappa shape index (κ3) is 3.79. The number of aliphatic carboxylic acids is 1. The van der Waals surface area contributed by atoms with Crippen molar-refractivity contribution in [1.29, 1.82) is 5.26 Å². The standard InChI is InChI=1S/C12H15N3O4S2/c13-8-10-2-3-12(20-10)21(18,19)15-5-1-4-14(6-7-15)9-11(16)17/h2-3H,1,4-7,9H2,(H,16,17). The van der Waals surface area contributed by atoms with Gasteiger partial charge in [0.05, 0.1) is 6.54 Å². The van der Waals surface area contributed by atoms with E-state index in [0.717, 1.165) is 11.3 Å². The molecule has 1 aromatic heterocycles. The second-order valence-electron chi connectivity index (χ2n) is 4.66. The van der Waals surface area contributed by atoms with Crippen LogP contribution < -0.4 is 0 Å². The van der Waals surface area contributed by atoms with Crippen molar-refractivity contribution in [2.45, 2.75) is 10.6 Å². The fourth-order valence-electron chi connectivity index (χ4n) is 2.18. The molecule has 0 aromatic carbocycles. The minimum atomic E-state index is -3.60. The fraction of sp³-hybridized carbons (Fsp3) is 0.500. The first-order valence-corrected chi connectivity index (χ1v) is 8.63. The van der Waals surface area contributed by atoms with Crippen molar-refractivity contribution in [3.63, 3.8) is 0 Å². The first-order valence-electron chi connectivity index (χ1n) is 6.37.